The first-order valence-corrected chi connectivity index (χ1v) is 7.15. The van der Waals surface area contributed by atoms with Gasteiger partial charge in [0, 0.05) is 5.41 Å². The van der Waals surface area contributed by atoms with Crippen molar-refractivity contribution in [3.63, 3.8) is 0 Å². The fourth-order valence-corrected chi connectivity index (χ4v) is 2.88. The lowest BCUT2D eigenvalue weighted by atomic mass is 9.74. The van der Waals surface area contributed by atoms with Gasteiger partial charge in [0.05, 0.1) is 6.04 Å². The quantitative estimate of drug-likeness (QED) is 0.660. The zero-order valence-corrected chi connectivity index (χ0v) is 13.1. The molecule has 0 aliphatic heterocycles. The second kappa shape index (κ2) is 5.96. The van der Waals surface area contributed by atoms with Gasteiger partial charge >= 0.3 is 0 Å². The summed E-state index contributed by atoms with van der Waals surface area (Å²) in [6, 6.07) is 12.9. The van der Waals surface area contributed by atoms with E-state index >= 15 is 0 Å². The Balaban J connectivity index is 2.45. The summed E-state index contributed by atoms with van der Waals surface area (Å²) < 4.78 is 13.1. The molecule has 2 rings (SSSR count). The van der Waals surface area contributed by atoms with Crippen LogP contribution < -0.4 is 11.3 Å². The summed E-state index contributed by atoms with van der Waals surface area (Å²) in [4.78, 5) is 0. The van der Waals surface area contributed by atoms with Gasteiger partial charge in [-0.1, -0.05) is 49.7 Å². The van der Waals surface area contributed by atoms with Crippen molar-refractivity contribution < 1.29 is 4.39 Å². The molecule has 0 aromatic heterocycles. The molecule has 0 amide bonds. The third kappa shape index (κ3) is 3.14. The van der Waals surface area contributed by atoms with E-state index < -0.39 is 0 Å². The lowest BCUT2D eigenvalue weighted by molar-refractivity contribution is 0.351. The van der Waals surface area contributed by atoms with E-state index in [0.29, 0.717) is 0 Å². The third-order valence-corrected chi connectivity index (χ3v) is 4.21. The molecule has 0 saturated heterocycles. The number of rotatable bonds is 4. The molecule has 2 aromatic carbocycles. The molecule has 0 heterocycles. The van der Waals surface area contributed by atoms with E-state index in [9.17, 15) is 4.39 Å². The van der Waals surface area contributed by atoms with Crippen molar-refractivity contribution in [2.45, 2.75) is 39.2 Å². The molecule has 0 aliphatic rings. The molecular formula is C18H23FN2. The van der Waals surface area contributed by atoms with Gasteiger partial charge in [0.25, 0.3) is 0 Å². The Morgan fingerprint density at radius 1 is 1.05 bits per heavy atom. The van der Waals surface area contributed by atoms with Gasteiger partial charge in [0.1, 0.15) is 5.82 Å². The van der Waals surface area contributed by atoms with Crippen molar-refractivity contribution >= 4 is 0 Å². The minimum Gasteiger partial charge on any atom is -0.271 e. The Hall–Kier alpha value is -1.71. The number of nitrogens with one attached hydrogen (secondary N) is 1. The SMILES string of the molecule is Cc1ccc(C(NN)C(C)(C)c2ccc(F)cc2)c(C)c1. The van der Waals surface area contributed by atoms with E-state index in [2.05, 4.69) is 51.3 Å². The number of halogens is 1. The Morgan fingerprint density at radius 3 is 2.19 bits per heavy atom. The molecule has 21 heavy (non-hydrogen) atoms. The van der Waals surface area contributed by atoms with Crippen LogP contribution in [0.4, 0.5) is 4.39 Å². The maximum atomic E-state index is 13.1. The molecule has 3 heteroatoms. The first-order valence-electron chi connectivity index (χ1n) is 7.15. The zero-order valence-electron chi connectivity index (χ0n) is 13.1. The van der Waals surface area contributed by atoms with Crippen molar-refractivity contribution in [1.82, 2.24) is 5.43 Å². The normalized spacial score (nSPS) is 13.2. The summed E-state index contributed by atoms with van der Waals surface area (Å²) in [5.74, 6) is 5.62. The number of benzene rings is 2. The fourth-order valence-electron chi connectivity index (χ4n) is 2.88. The Kier molecular flexibility index (Phi) is 4.45. The predicted molar refractivity (Wildman–Crippen MR) is 85.4 cm³/mol. The van der Waals surface area contributed by atoms with Gasteiger partial charge in [-0.3, -0.25) is 11.3 Å². The van der Waals surface area contributed by atoms with Gasteiger partial charge in [-0.05, 0) is 42.7 Å². The van der Waals surface area contributed by atoms with Crippen LogP contribution >= 0.6 is 0 Å². The molecule has 0 spiro atoms. The number of hydrogen-bond acceptors (Lipinski definition) is 2. The minimum atomic E-state index is -0.261. The van der Waals surface area contributed by atoms with Gasteiger partial charge in [-0.15, -0.1) is 0 Å². The van der Waals surface area contributed by atoms with Crippen molar-refractivity contribution in [3.8, 4) is 0 Å². The fraction of sp³-hybridized carbons (Fsp3) is 0.333. The van der Waals surface area contributed by atoms with Crippen LogP contribution in [-0.4, -0.2) is 0 Å². The molecule has 0 bridgehead atoms. The zero-order chi connectivity index (χ0) is 15.6. The lowest BCUT2D eigenvalue weighted by Gasteiger charge is -2.35. The minimum absolute atomic E-state index is 0.0523. The smallest absolute Gasteiger partial charge is 0.123 e. The van der Waals surface area contributed by atoms with Crippen molar-refractivity contribution in [2.75, 3.05) is 0 Å². The average Bonchev–Trinajstić information content (AvgIpc) is 2.42. The van der Waals surface area contributed by atoms with E-state index in [4.69, 9.17) is 5.84 Å². The van der Waals surface area contributed by atoms with Crippen LogP contribution in [-0.2, 0) is 5.41 Å². The number of hydrogen-bond donors (Lipinski definition) is 2. The second-order valence-electron chi connectivity index (χ2n) is 6.19. The average molecular weight is 286 g/mol. The molecule has 0 saturated carbocycles. The first-order chi connectivity index (χ1) is 9.86. The molecular weight excluding hydrogens is 263 g/mol. The predicted octanol–water partition coefficient (Wildman–Crippen LogP) is 3.92. The Bertz CT molecular complexity index is 618. The van der Waals surface area contributed by atoms with Gasteiger partial charge in [0.15, 0.2) is 0 Å². The highest BCUT2D eigenvalue weighted by molar-refractivity contribution is 5.38. The van der Waals surface area contributed by atoms with Crippen LogP contribution in [0.25, 0.3) is 0 Å². The highest BCUT2D eigenvalue weighted by Crippen LogP contribution is 2.37. The van der Waals surface area contributed by atoms with Crippen LogP contribution in [0.15, 0.2) is 42.5 Å². The van der Waals surface area contributed by atoms with E-state index in [1.165, 1.54) is 23.3 Å². The molecule has 112 valence electrons. The first kappa shape index (κ1) is 15.7. The summed E-state index contributed by atoms with van der Waals surface area (Å²) in [5, 5.41) is 0. The molecule has 2 nitrogen and oxygen atoms in total. The van der Waals surface area contributed by atoms with Gasteiger partial charge < -0.3 is 0 Å². The van der Waals surface area contributed by atoms with Gasteiger partial charge in [-0.25, -0.2) is 4.39 Å². The maximum absolute atomic E-state index is 13.1. The molecule has 3 N–H and O–H groups in total. The summed E-state index contributed by atoms with van der Waals surface area (Å²) in [6.07, 6.45) is 0. The Labute approximate surface area is 126 Å². The summed E-state index contributed by atoms with van der Waals surface area (Å²) in [7, 11) is 0. The van der Waals surface area contributed by atoms with E-state index in [-0.39, 0.29) is 17.3 Å². The maximum Gasteiger partial charge on any atom is 0.123 e. The monoisotopic (exact) mass is 286 g/mol. The Morgan fingerprint density at radius 2 is 1.67 bits per heavy atom. The van der Waals surface area contributed by atoms with Crippen LogP contribution in [0, 0.1) is 19.7 Å². The largest absolute Gasteiger partial charge is 0.271 e. The number of aryl methyl sites for hydroxylation is 2. The molecule has 0 aliphatic carbocycles. The van der Waals surface area contributed by atoms with Crippen LogP contribution in [0.3, 0.4) is 0 Å². The van der Waals surface area contributed by atoms with Crippen molar-refractivity contribution in [1.29, 1.82) is 0 Å². The van der Waals surface area contributed by atoms with E-state index in [1.807, 2.05) is 12.1 Å². The van der Waals surface area contributed by atoms with E-state index in [1.54, 1.807) is 0 Å². The van der Waals surface area contributed by atoms with Crippen LogP contribution in [0.1, 0.15) is 42.1 Å². The molecule has 1 unspecified atom stereocenters. The highest BCUT2D eigenvalue weighted by atomic mass is 19.1. The second-order valence-corrected chi connectivity index (χ2v) is 6.19. The van der Waals surface area contributed by atoms with E-state index in [0.717, 1.165) is 11.1 Å². The molecule has 0 fully saturated rings. The molecule has 1 atom stereocenters. The van der Waals surface area contributed by atoms with Gasteiger partial charge in [0.2, 0.25) is 0 Å². The lowest BCUT2D eigenvalue weighted by Crippen LogP contribution is -2.41. The summed E-state index contributed by atoms with van der Waals surface area (Å²) in [6.45, 7) is 8.40. The third-order valence-electron chi connectivity index (χ3n) is 4.21. The topological polar surface area (TPSA) is 38.0 Å². The highest BCUT2D eigenvalue weighted by Gasteiger charge is 2.32. The number of hydrazine groups is 1. The van der Waals surface area contributed by atoms with Gasteiger partial charge in [-0.2, -0.15) is 0 Å². The van der Waals surface area contributed by atoms with Crippen molar-refractivity contribution in [2.24, 2.45) is 5.84 Å². The summed E-state index contributed by atoms with van der Waals surface area (Å²) >= 11 is 0. The molecule has 2 aromatic rings. The standard InChI is InChI=1S/C18H23FN2/c1-12-5-10-16(13(2)11-12)17(21-20)18(3,4)14-6-8-15(19)9-7-14/h5-11,17,21H,20H2,1-4H3. The number of nitrogens with two attached hydrogens (primary N) is 1. The van der Waals surface area contributed by atoms with Crippen LogP contribution in [0.2, 0.25) is 0 Å². The molecule has 0 radical (unpaired) electrons. The van der Waals surface area contributed by atoms with Crippen LogP contribution in [0.5, 0.6) is 0 Å². The van der Waals surface area contributed by atoms with Crippen molar-refractivity contribution in [3.05, 3.63) is 70.5 Å². The summed E-state index contributed by atoms with van der Waals surface area (Å²) in [5.41, 5.74) is 7.32.